The van der Waals surface area contributed by atoms with Crippen LogP contribution in [0.4, 0.5) is 0 Å². The highest BCUT2D eigenvalue weighted by atomic mass is 16.7. The quantitative estimate of drug-likeness (QED) is 0.819. The molecule has 7 heteroatoms. The molecule has 7 nitrogen and oxygen atoms in total. The summed E-state index contributed by atoms with van der Waals surface area (Å²) < 4.78 is 7.74. The maximum absolute atomic E-state index is 13.0. The highest BCUT2D eigenvalue weighted by Gasteiger charge is 2.45. The first-order chi connectivity index (χ1) is 11.7. The van der Waals surface area contributed by atoms with Crippen molar-refractivity contribution in [3.8, 4) is 0 Å². The van der Waals surface area contributed by atoms with Crippen LogP contribution in [-0.2, 0) is 28.0 Å². The number of carbonyl (C=O) groups excluding carboxylic acids is 1. The van der Waals surface area contributed by atoms with Crippen molar-refractivity contribution in [3.63, 3.8) is 0 Å². The second kappa shape index (κ2) is 6.82. The van der Waals surface area contributed by atoms with E-state index < -0.39 is 0 Å². The van der Waals surface area contributed by atoms with E-state index in [1.165, 1.54) is 5.56 Å². The zero-order valence-electron chi connectivity index (χ0n) is 14.3. The molecule has 1 amide bonds. The summed E-state index contributed by atoms with van der Waals surface area (Å²) in [5.41, 5.74) is 1.18. The normalized spacial score (nSPS) is 31.2. The van der Waals surface area contributed by atoms with Crippen molar-refractivity contribution in [1.82, 2.24) is 19.7 Å². The standard InChI is InChI=1S/C17H26N4O3/c1-19-9-13(8-18-19)10-20-11-15(14-4-7-23-16(14)12-20)17(22)21-5-2-3-6-24-21/h8-9,14-16H,2-7,10-12H2,1H3/t14-,15-,16+/m0/s1. The van der Waals surface area contributed by atoms with Gasteiger partial charge in [0.25, 0.3) is 5.91 Å². The molecule has 0 aliphatic carbocycles. The molecule has 0 radical (unpaired) electrons. The molecule has 3 aliphatic rings. The summed E-state index contributed by atoms with van der Waals surface area (Å²) in [5.74, 6) is 0.445. The second-order valence-corrected chi connectivity index (χ2v) is 7.17. The topological polar surface area (TPSA) is 59.8 Å². The Bertz CT molecular complexity index is 584. The molecule has 1 aromatic heterocycles. The van der Waals surface area contributed by atoms with Gasteiger partial charge in [-0.1, -0.05) is 0 Å². The smallest absolute Gasteiger partial charge is 0.250 e. The molecular weight excluding hydrogens is 308 g/mol. The number of hydrogen-bond acceptors (Lipinski definition) is 5. The molecule has 3 aliphatic heterocycles. The van der Waals surface area contributed by atoms with Gasteiger partial charge in [-0.15, -0.1) is 0 Å². The number of hydroxylamine groups is 2. The number of aryl methyl sites for hydroxylation is 1. The third kappa shape index (κ3) is 3.20. The zero-order valence-corrected chi connectivity index (χ0v) is 14.3. The minimum atomic E-state index is -0.0268. The molecule has 3 atom stereocenters. The number of rotatable bonds is 3. The molecule has 0 saturated carbocycles. The van der Waals surface area contributed by atoms with E-state index in [0.717, 1.165) is 52.0 Å². The first-order valence-electron chi connectivity index (χ1n) is 8.96. The van der Waals surface area contributed by atoms with Gasteiger partial charge in [-0.2, -0.15) is 5.10 Å². The van der Waals surface area contributed by atoms with Crippen LogP contribution in [0.1, 0.15) is 24.8 Å². The van der Waals surface area contributed by atoms with Crippen molar-refractivity contribution in [2.45, 2.75) is 31.9 Å². The van der Waals surface area contributed by atoms with Gasteiger partial charge in [-0.3, -0.25) is 19.2 Å². The minimum absolute atomic E-state index is 0.0268. The van der Waals surface area contributed by atoms with E-state index in [-0.39, 0.29) is 17.9 Å². The van der Waals surface area contributed by atoms with Crippen LogP contribution in [0.25, 0.3) is 0 Å². The van der Waals surface area contributed by atoms with E-state index in [1.807, 2.05) is 24.1 Å². The summed E-state index contributed by atoms with van der Waals surface area (Å²) >= 11 is 0. The molecule has 0 N–H and O–H groups in total. The number of likely N-dealkylation sites (tertiary alicyclic amines) is 1. The maximum Gasteiger partial charge on any atom is 0.250 e. The Morgan fingerprint density at radius 3 is 3.00 bits per heavy atom. The summed E-state index contributed by atoms with van der Waals surface area (Å²) in [4.78, 5) is 20.9. The number of ether oxygens (including phenoxy) is 1. The highest BCUT2D eigenvalue weighted by molar-refractivity contribution is 5.78. The van der Waals surface area contributed by atoms with E-state index >= 15 is 0 Å². The van der Waals surface area contributed by atoms with Gasteiger partial charge in [0.2, 0.25) is 0 Å². The van der Waals surface area contributed by atoms with Crippen LogP contribution >= 0.6 is 0 Å². The lowest BCUT2D eigenvalue weighted by Gasteiger charge is -2.41. The fourth-order valence-corrected chi connectivity index (χ4v) is 4.21. The zero-order chi connectivity index (χ0) is 16.5. The Balaban J connectivity index is 1.47. The van der Waals surface area contributed by atoms with E-state index in [0.29, 0.717) is 12.5 Å². The number of carbonyl (C=O) groups is 1. The van der Waals surface area contributed by atoms with Crippen molar-refractivity contribution in [1.29, 1.82) is 0 Å². The van der Waals surface area contributed by atoms with E-state index in [9.17, 15) is 4.79 Å². The molecule has 3 saturated heterocycles. The largest absolute Gasteiger partial charge is 0.377 e. The number of nitrogens with zero attached hydrogens (tertiary/aromatic N) is 4. The van der Waals surface area contributed by atoms with Crippen molar-refractivity contribution in [2.24, 2.45) is 18.9 Å². The molecular formula is C17H26N4O3. The lowest BCUT2D eigenvalue weighted by Crippen LogP contribution is -2.53. The molecule has 1 aromatic rings. The van der Waals surface area contributed by atoms with Gasteiger partial charge < -0.3 is 4.74 Å². The maximum atomic E-state index is 13.0. The van der Waals surface area contributed by atoms with Gasteiger partial charge in [-0.05, 0) is 19.3 Å². The first-order valence-corrected chi connectivity index (χ1v) is 8.96. The molecule has 0 aromatic carbocycles. The first kappa shape index (κ1) is 16.1. The Morgan fingerprint density at radius 2 is 2.25 bits per heavy atom. The van der Waals surface area contributed by atoms with Gasteiger partial charge in [0.1, 0.15) is 0 Å². The summed E-state index contributed by atoms with van der Waals surface area (Å²) in [6.45, 7) is 4.62. The molecule has 24 heavy (non-hydrogen) atoms. The van der Waals surface area contributed by atoms with Crippen molar-refractivity contribution in [3.05, 3.63) is 18.0 Å². The van der Waals surface area contributed by atoms with E-state index in [4.69, 9.17) is 9.57 Å². The number of amides is 1. The molecule has 0 spiro atoms. The molecule has 4 heterocycles. The lowest BCUT2D eigenvalue weighted by molar-refractivity contribution is -0.205. The van der Waals surface area contributed by atoms with Crippen LogP contribution in [0, 0.1) is 11.8 Å². The van der Waals surface area contributed by atoms with E-state index in [1.54, 1.807) is 5.06 Å². The third-order valence-corrected chi connectivity index (χ3v) is 5.40. The minimum Gasteiger partial charge on any atom is -0.377 e. The SMILES string of the molecule is Cn1cc(CN2C[C@H](C(=O)N3CCCCO3)[C@@H]3CCO[C@@H]3C2)cn1. The van der Waals surface area contributed by atoms with Crippen molar-refractivity contribution in [2.75, 3.05) is 32.8 Å². The molecule has 132 valence electrons. The molecule has 0 unspecified atom stereocenters. The molecule has 0 bridgehead atoms. The number of aromatic nitrogens is 2. The van der Waals surface area contributed by atoms with Crippen LogP contribution in [0.5, 0.6) is 0 Å². The number of fused-ring (bicyclic) bond motifs is 1. The Hall–Kier alpha value is -1.44. The van der Waals surface area contributed by atoms with Gasteiger partial charge in [0.15, 0.2) is 0 Å². The summed E-state index contributed by atoms with van der Waals surface area (Å²) in [5, 5.41) is 5.85. The molecule has 3 fully saturated rings. The van der Waals surface area contributed by atoms with Crippen LogP contribution in [-0.4, -0.2) is 64.6 Å². The predicted molar refractivity (Wildman–Crippen MR) is 86.7 cm³/mol. The fraction of sp³-hybridized carbons (Fsp3) is 0.765. The average molecular weight is 334 g/mol. The monoisotopic (exact) mass is 334 g/mol. The van der Waals surface area contributed by atoms with Crippen molar-refractivity contribution >= 4 is 5.91 Å². The number of hydrogen-bond donors (Lipinski definition) is 0. The summed E-state index contributed by atoms with van der Waals surface area (Å²) in [6.07, 6.45) is 7.14. The third-order valence-electron chi connectivity index (χ3n) is 5.40. The van der Waals surface area contributed by atoms with Crippen molar-refractivity contribution < 1.29 is 14.4 Å². The van der Waals surface area contributed by atoms with Crippen LogP contribution < -0.4 is 0 Å². The van der Waals surface area contributed by atoms with Crippen LogP contribution in [0.2, 0.25) is 0 Å². The van der Waals surface area contributed by atoms with Gasteiger partial charge in [-0.25, -0.2) is 5.06 Å². The van der Waals surface area contributed by atoms with Gasteiger partial charge >= 0.3 is 0 Å². The average Bonchev–Trinajstić information content (AvgIpc) is 3.23. The summed E-state index contributed by atoms with van der Waals surface area (Å²) in [6, 6.07) is 0. The Labute approximate surface area is 142 Å². The fourth-order valence-electron chi connectivity index (χ4n) is 4.21. The van der Waals surface area contributed by atoms with Gasteiger partial charge in [0, 0.05) is 57.5 Å². The van der Waals surface area contributed by atoms with Crippen LogP contribution in [0.15, 0.2) is 12.4 Å². The Morgan fingerprint density at radius 1 is 1.33 bits per heavy atom. The van der Waals surface area contributed by atoms with E-state index in [2.05, 4.69) is 10.00 Å². The van der Waals surface area contributed by atoms with Gasteiger partial charge in [0.05, 0.1) is 24.8 Å². The van der Waals surface area contributed by atoms with Crippen LogP contribution in [0.3, 0.4) is 0 Å². The predicted octanol–water partition coefficient (Wildman–Crippen LogP) is 0.811. The molecule has 4 rings (SSSR count). The lowest BCUT2D eigenvalue weighted by atomic mass is 9.82. The Kier molecular flexibility index (Phi) is 4.56. The summed E-state index contributed by atoms with van der Waals surface area (Å²) in [7, 11) is 1.93. The second-order valence-electron chi connectivity index (χ2n) is 7.17. The highest BCUT2D eigenvalue weighted by Crippen LogP contribution is 2.35. The number of piperidine rings is 1.